The summed E-state index contributed by atoms with van der Waals surface area (Å²) in [5.41, 5.74) is 13.0. The highest BCUT2D eigenvalue weighted by atomic mass is 15.0. The second kappa shape index (κ2) is 3.91. The van der Waals surface area contributed by atoms with Gasteiger partial charge in [-0.2, -0.15) is 4.98 Å². The van der Waals surface area contributed by atoms with Crippen LogP contribution in [0.25, 0.3) is 0 Å². The van der Waals surface area contributed by atoms with E-state index < -0.39 is 0 Å². The molecule has 2 aromatic heterocycles. The standard InChI is InChI=1S/C10H11N5/c11-9-6-8(14-10(12)15-9)5-7-1-3-13-4-2-7/h1-4,6H,5H2,(H4,11,12,14,15). The minimum atomic E-state index is 0.207. The SMILES string of the molecule is Nc1cc(Cc2ccncc2)nc(N)n1. The second-order valence-corrected chi connectivity index (χ2v) is 3.17. The summed E-state index contributed by atoms with van der Waals surface area (Å²) < 4.78 is 0. The van der Waals surface area contributed by atoms with Gasteiger partial charge in [-0.3, -0.25) is 4.98 Å². The smallest absolute Gasteiger partial charge is 0.222 e. The summed E-state index contributed by atoms with van der Waals surface area (Å²) in [6.45, 7) is 0. The molecule has 0 aliphatic rings. The maximum absolute atomic E-state index is 5.57. The van der Waals surface area contributed by atoms with Crippen LogP contribution in [-0.2, 0) is 6.42 Å². The molecule has 5 heteroatoms. The first-order valence-corrected chi connectivity index (χ1v) is 4.52. The Morgan fingerprint density at radius 3 is 2.47 bits per heavy atom. The lowest BCUT2D eigenvalue weighted by atomic mass is 10.1. The van der Waals surface area contributed by atoms with Crippen molar-refractivity contribution in [2.24, 2.45) is 0 Å². The quantitative estimate of drug-likeness (QED) is 0.743. The van der Waals surface area contributed by atoms with Gasteiger partial charge in [0.15, 0.2) is 0 Å². The van der Waals surface area contributed by atoms with Crippen LogP contribution < -0.4 is 11.5 Å². The molecule has 0 saturated carbocycles. The summed E-state index contributed by atoms with van der Waals surface area (Å²) in [5, 5.41) is 0. The number of nitrogens with zero attached hydrogens (tertiary/aromatic N) is 3. The van der Waals surface area contributed by atoms with Crippen molar-refractivity contribution in [3.8, 4) is 0 Å². The Hall–Kier alpha value is -2.17. The highest BCUT2D eigenvalue weighted by Crippen LogP contribution is 2.09. The maximum Gasteiger partial charge on any atom is 0.222 e. The van der Waals surface area contributed by atoms with Crippen LogP contribution in [0.2, 0.25) is 0 Å². The van der Waals surface area contributed by atoms with Gasteiger partial charge >= 0.3 is 0 Å². The molecule has 2 aromatic rings. The first-order chi connectivity index (χ1) is 7.24. The topological polar surface area (TPSA) is 90.7 Å². The third-order valence-corrected chi connectivity index (χ3v) is 1.95. The first-order valence-electron chi connectivity index (χ1n) is 4.52. The molecule has 76 valence electrons. The number of nitrogens with two attached hydrogens (primary N) is 2. The number of hydrogen-bond donors (Lipinski definition) is 2. The molecule has 0 aliphatic carbocycles. The summed E-state index contributed by atoms with van der Waals surface area (Å²) in [7, 11) is 0. The van der Waals surface area contributed by atoms with Crippen LogP contribution in [0.4, 0.5) is 11.8 Å². The van der Waals surface area contributed by atoms with E-state index in [1.165, 1.54) is 0 Å². The third-order valence-electron chi connectivity index (χ3n) is 1.95. The fourth-order valence-corrected chi connectivity index (χ4v) is 1.34. The zero-order valence-electron chi connectivity index (χ0n) is 8.09. The van der Waals surface area contributed by atoms with Gasteiger partial charge in [-0.05, 0) is 17.7 Å². The molecule has 0 aromatic carbocycles. The fourth-order valence-electron chi connectivity index (χ4n) is 1.34. The lowest BCUT2D eigenvalue weighted by Gasteiger charge is -2.02. The van der Waals surface area contributed by atoms with E-state index in [0.717, 1.165) is 11.3 Å². The monoisotopic (exact) mass is 201 g/mol. The van der Waals surface area contributed by atoms with Crippen LogP contribution >= 0.6 is 0 Å². The van der Waals surface area contributed by atoms with Gasteiger partial charge < -0.3 is 11.5 Å². The summed E-state index contributed by atoms with van der Waals surface area (Å²) >= 11 is 0. The molecular formula is C10H11N5. The van der Waals surface area contributed by atoms with E-state index >= 15 is 0 Å². The van der Waals surface area contributed by atoms with Crippen LogP contribution in [0.1, 0.15) is 11.3 Å². The number of aromatic nitrogens is 3. The summed E-state index contributed by atoms with van der Waals surface area (Å²) in [4.78, 5) is 11.8. The van der Waals surface area contributed by atoms with Gasteiger partial charge in [0.25, 0.3) is 0 Å². The first kappa shape index (κ1) is 9.39. The van der Waals surface area contributed by atoms with E-state index in [-0.39, 0.29) is 5.95 Å². The minimum absolute atomic E-state index is 0.207. The van der Waals surface area contributed by atoms with Gasteiger partial charge in [-0.25, -0.2) is 4.98 Å². The van der Waals surface area contributed by atoms with Gasteiger partial charge in [0.05, 0.1) is 5.69 Å². The van der Waals surface area contributed by atoms with Crippen LogP contribution in [0.15, 0.2) is 30.6 Å². The summed E-state index contributed by atoms with van der Waals surface area (Å²) in [5.74, 6) is 0.602. The predicted octanol–water partition coefficient (Wildman–Crippen LogP) is 0.627. The number of pyridine rings is 1. The van der Waals surface area contributed by atoms with E-state index in [2.05, 4.69) is 15.0 Å². The van der Waals surface area contributed by atoms with Crippen molar-refractivity contribution in [2.75, 3.05) is 11.5 Å². The van der Waals surface area contributed by atoms with Crippen molar-refractivity contribution < 1.29 is 0 Å². The van der Waals surface area contributed by atoms with E-state index in [0.29, 0.717) is 12.2 Å². The molecule has 0 spiro atoms. The Morgan fingerprint density at radius 2 is 1.80 bits per heavy atom. The van der Waals surface area contributed by atoms with E-state index in [9.17, 15) is 0 Å². The van der Waals surface area contributed by atoms with Crippen molar-refractivity contribution in [2.45, 2.75) is 6.42 Å². The number of rotatable bonds is 2. The lowest BCUT2D eigenvalue weighted by molar-refractivity contribution is 1.04. The van der Waals surface area contributed by atoms with Gasteiger partial charge in [-0.15, -0.1) is 0 Å². The van der Waals surface area contributed by atoms with Gasteiger partial charge in [0.1, 0.15) is 5.82 Å². The molecule has 0 bridgehead atoms. The number of anilines is 2. The molecule has 4 N–H and O–H groups in total. The van der Waals surface area contributed by atoms with Crippen LogP contribution in [0, 0.1) is 0 Å². The van der Waals surface area contributed by atoms with E-state index in [1.807, 2.05) is 12.1 Å². The second-order valence-electron chi connectivity index (χ2n) is 3.17. The number of nitrogen functional groups attached to an aromatic ring is 2. The molecule has 0 aliphatic heterocycles. The molecular weight excluding hydrogens is 190 g/mol. The lowest BCUT2D eigenvalue weighted by Crippen LogP contribution is -2.03. The third kappa shape index (κ3) is 2.40. The minimum Gasteiger partial charge on any atom is -0.384 e. The molecule has 0 radical (unpaired) electrons. The highest BCUT2D eigenvalue weighted by Gasteiger charge is 2.01. The summed E-state index contributed by atoms with van der Waals surface area (Å²) in [6, 6.07) is 5.57. The Labute approximate surface area is 87.2 Å². The molecule has 15 heavy (non-hydrogen) atoms. The van der Waals surface area contributed by atoms with Crippen molar-refractivity contribution in [1.29, 1.82) is 0 Å². The molecule has 0 saturated heterocycles. The van der Waals surface area contributed by atoms with Gasteiger partial charge in [0.2, 0.25) is 5.95 Å². The van der Waals surface area contributed by atoms with Crippen LogP contribution in [0.5, 0.6) is 0 Å². The van der Waals surface area contributed by atoms with E-state index in [1.54, 1.807) is 18.5 Å². The molecule has 0 atom stereocenters. The molecule has 0 unspecified atom stereocenters. The average Bonchev–Trinajstić information content (AvgIpc) is 2.17. The average molecular weight is 201 g/mol. The molecule has 2 rings (SSSR count). The van der Waals surface area contributed by atoms with Crippen LogP contribution in [0.3, 0.4) is 0 Å². The van der Waals surface area contributed by atoms with Crippen molar-refractivity contribution in [3.05, 3.63) is 41.9 Å². The largest absolute Gasteiger partial charge is 0.384 e. The predicted molar refractivity (Wildman–Crippen MR) is 57.9 cm³/mol. The van der Waals surface area contributed by atoms with Crippen LogP contribution in [-0.4, -0.2) is 15.0 Å². The number of hydrogen-bond acceptors (Lipinski definition) is 5. The Balaban J connectivity index is 2.25. The highest BCUT2D eigenvalue weighted by molar-refractivity contribution is 5.37. The normalized spacial score (nSPS) is 10.1. The molecule has 5 nitrogen and oxygen atoms in total. The maximum atomic E-state index is 5.57. The van der Waals surface area contributed by atoms with Crippen molar-refractivity contribution >= 4 is 11.8 Å². The van der Waals surface area contributed by atoms with Gasteiger partial charge in [0, 0.05) is 24.9 Å². The van der Waals surface area contributed by atoms with Crippen molar-refractivity contribution in [1.82, 2.24) is 15.0 Å². The van der Waals surface area contributed by atoms with Crippen molar-refractivity contribution in [3.63, 3.8) is 0 Å². The zero-order chi connectivity index (χ0) is 10.7. The van der Waals surface area contributed by atoms with Gasteiger partial charge in [-0.1, -0.05) is 0 Å². The fraction of sp³-hybridized carbons (Fsp3) is 0.100. The Kier molecular flexibility index (Phi) is 2.45. The molecule has 0 amide bonds. The summed E-state index contributed by atoms with van der Waals surface area (Å²) in [6.07, 6.45) is 4.16. The molecule has 0 fully saturated rings. The zero-order valence-corrected chi connectivity index (χ0v) is 8.09. The Morgan fingerprint density at radius 1 is 1.07 bits per heavy atom. The molecule has 2 heterocycles. The Bertz CT molecular complexity index is 434. The van der Waals surface area contributed by atoms with E-state index in [4.69, 9.17) is 11.5 Å².